The molecule has 1 rings (SSSR count). The van der Waals surface area contributed by atoms with Gasteiger partial charge in [0.2, 0.25) is 0 Å². The van der Waals surface area contributed by atoms with Crippen LogP contribution >= 0.6 is 0 Å². The highest BCUT2D eigenvalue weighted by atomic mass is 16.5. The van der Waals surface area contributed by atoms with Crippen LogP contribution in [0.3, 0.4) is 0 Å². The fourth-order valence-corrected chi connectivity index (χ4v) is 3.62. The molecule has 0 aromatic heterocycles. The van der Waals surface area contributed by atoms with E-state index in [1.165, 1.54) is 13.5 Å². The van der Waals surface area contributed by atoms with E-state index in [1.54, 1.807) is 7.05 Å². The van der Waals surface area contributed by atoms with Crippen molar-refractivity contribution in [2.24, 2.45) is 11.3 Å². The second-order valence-corrected chi connectivity index (χ2v) is 7.58. The van der Waals surface area contributed by atoms with Gasteiger partial charge in [-0.05, 0) is 57.4 Å². The number of esters is 1. The summed E-state index contributed by atoms with van der Waals surface area (Å²) < 4.78 is 10.9. The van der Waals surface area contributed by atoms with Crippen LogP contribution in [0.5, 0.6) is 0 Å². The first-order chi connectivity index (χ1) is 9.72. The summed E-state index contributed by atoms with van der Waals surface area (Å²) >= 11 is 0. The van der Waals surface area contributed by atoms with Crippen LogP contribution < -0.4 is 5.32 Å². The second-order valence-electron chi connectivity index (χ2n) is 7.58. The highest BCUT2D eigenvalue weighted by Gasteiger charge is 2.34. The Morgan fingerprint density at radius 1 is 1.38 bits per heavy atom. The number of carbonyl (C=O) groups excluding carboxylic acids is 1. The molecule has 4 nitrogen and oxygen atoms in total. The second kappa shape index (κ2) is 7.59. The van der Waals surface area contributed by atoms with E-state index in [0.717, 1.165) is 31.6 Å². The molecule has 3 unspecified atom stereocenters. The van der Waals surface area contributed by atoms with Crippen LogP contribution in [0.2, 0.25) is 0 Å². The smallest absolute Gasteiger partial charge is 0.325 e. The Hall–Kier alpha value is -0.610. The summed E-state index contributed by atoms with van der Waals surface area (Å²) in [5.41, 5.74) is -0.231. The molecule has 1 N–H and O–H groups in total. The predicted octanol–water partition coefficient (Wildman–Crippen LogP) is 3.15. The van der Waals surface area contributed by atoms with E-state index in [-0.39, 0.29) is 5.97 Å². The van der Waals surface area contributed by atoms with Crippen LogP contribution in [-0.4, -0.2) is 38.4 Å². The number of ether oxygens (including phenoxy) is 2. The Morgan fingerprint density at radius 2 is 2.05 bits per heavy atom. The van der Waals surface area contributed by atoms with Crippen molar-refractivity contribution in [1.29, 1.82) is 0 Å². The number of nitrogens with one attached hydrogen (secondary N) is 1. The number of likely N-dealkylation sites (N-methyl/N-ethyl adjacent to an activating group) is 1. The molecule has 0 bridgehead atoms. The van der Waals surface area contributed by atoms with Crippen molar-refractivity contribution in [3.8, 4) is 0 Å². The van der Waals surface area contributed by atoms with Gasteiger partial charge in [0.05, 0.1) is 13.2 Å². The van der Waals surface area contributed by atoms with Gasteiger partial charge in [0.1, 0.15) is 5.54 Å². The average molecular weight is 299 g/mol. The molecule has 0 spiro atoms. The van der Waals surface area contributed by atoms with Crippen LogP contribution in [0, 0.1) is 11.3 Å². The molecule has 1 saturated carbocycles. The minimum absolute atomic E-state index is 0.211. The molecular formula is C17H33NO3. The Labute approximate surface area is 130 Å². The fourth-order valence-electron chi connectivity index (χ4n) is 3.62. The average Bonchev–Trinajstić information content (AvgIpc) is 2.40. The van der Waals surface area contributed by atoms with Gasteiger partial charge < -0.3 is 14.8 Å². The van der Waals surface area contributed by atoms with Gasteiger partial charge in [-0.25, -0.2) is 0 Å². The first kappa shape index (κ1) is 18.4. The molecule has 0 amide bonds. The fraction of sp³-hybridized carbons (Fsp3) is 0.941. The zero-order chi connectivity index (χ0) is 16.1. The summed E-state index contributed by atoms with van der Waals surface area (Å²) in [5, 5.41) is 3.06. The summed E-state index contributed by atoms with van der Waals surface area (Å²) in [4.78, 5) is 11.8. The third-order valence-corrected chi connectivity index (χ3v) is 4.71. The molecule has 0 heterocycles. The maximum absolute atomic E-state index is 11.8. The van der Waals surface area contributed by atoms with Gasteiger partial charge in [0.15, 0.2) is 0 Å². The molecule has 1 aliphatic carbocycles. The predicted molar refractivity (Wildman–Crippen MR) is 85.3 cm³/mol. The molecule has 3 atom stereocenters. The Morgan fingerprint density at radius 3 is 2.57 bits per heavy atom. The van der Waals surface area contributed by atoms with Crippen molar-refractivity contribution in [2.45, 2.75) is 71.4 Å². The first-order valence-corrected chi connectivity index (χ1v) is 8.11. The van der Waals surface area contributed by atoms with E-state index < -0.39 is 5.54 Å². The third kappa shape index (κ3) is 5.59. The lowest BCUT2D eigenvalue weighted by molar-refractivity contribution is -0.148. The number of methoxy groups -OCH3 is 1. The standard InChI is InChI=1S/C17H33NO3/c1-13-10-14(12-16(2,3)11-13)21-9-7-8-17(4,18-5)15(19)20-6/h13-14,18H,7-12H2,1-6H3. The Balaban J connectivity index is 2.35. The number of carbonyl (C=O) groups is 1. The number of hydrogen-bond acceptors (Lipinski definition) is 4. The molecule has 0 aromatic rings. The van der Waals surface area contributed by atoms with Crippen molar-refractivity contribution in [3.63, 3.8) is 0 Å². The first-order valence-electron chi connectivity index (χ1n) is 8.11. The van der Waals surface area contributed by atoms with Crippen molar-refractivity contribution >= 4 is 5.97 Å². The number of hydrogen-bond donors (Lipinski definition) is 1. The lowest BCUT2D eigenvalue weighted by Gasteiger charge is -2.39. The lowest BCUT2D eigenvalue weighted by atomic mass is 9.71. The topological polar surface area (TPSA) is 47.6 Å². The van der Waals surface area contributed by atoms with Gasteiger partial charge in [0.25, 0.3) is 0 Å². The van der Waals surface area contributed by atoms with Gasteiger partial charge in [-0.1, -0.05) is 20.8 Å². The third-order valence-electron chi connectivity index (χ3n) is 4.71. The van der Waals surface area contributed by atoms with Gasteiger partial charge in [-0.3, -0.25) is 4.79 Å². The maximum atomic E-state index is 11.8. The maximum Gasteiger partial charge on any atom is 0.325 e. The largest absolute Gasteiger partial charge is 0.468 e. The highest BCUT2D eigenvalue weighted by molar-refractivity contribution is 5.80. The molecule has 124 valence electrons. The molecule has 4 heteroatoms. The minimum Gasteiger partial charge on any atom is -0.468 e. The molecule has 1 aliphatic rings. The minimum atomic E-state index is -0.614. The summed E-state index contributed by atoms with van der Waals surface area (Å²) in [7, 11) is 3.23. The van der Waals surface area contributed by atoms with Crippen molar-refractivity contribution in [3.05, 3.63) is 0 Å². The van der Waals surface area contributed by atoms with Gasteiger partial charge in [-0.15, -0.1) is 0 Å². The molecule has 21 heavy (non-hydrogen) atoms. The Kier molecular flexibility index (Phi) is 6.67. The van der Waals surface area contributed by atoms with E-state index >= 15 is 0 Å². The number of rotatable bonds is 7. The van der Waals surface area contributed by atoms with Gasteiger partial charge in [-0.2, -0.15) is 0 Å². The van der Waals surface area contributed by atoms with Gasteiger partial charge in [0, 0.05) is 6.61 Å². The summed E-state index contributed by atoms with van der Waals surface area (Å²) in [5.74, 6) is 0.522. The molecule has 1 fully saturated rings. The summed E-state index contributed by atoms with van der Waals surface area (Å²) in [6, 6.07) is 0. The lowest BCUT2D eigenvalue weighted by Crippen LogP contribution is -2.48. The van der Waals surface area contributed by atoms with E-state index in [1.807, 2.05) is 6.92 Å². The molecule has 0 saturated heterocycles. The van der Waals surface area contributed by atoms with Crippen LogP contribution in [0.25, 0.3) is 0 Å². The Bertz CT molecular complexity index is 343. The van der Waals surface area contributed by atoms with Gasteiger partial charge >= 0.3 is 5.97 Å². The van der Waals surface area contributed by atoms with Crippen LogP contribution in [0.15, 0.2) is 0 Å². The van der Waals surface area contributed by atoms with Crippen LogP contribution in [0.1, 0.15) is 59.8 Å². The van der Waals surface area contributed by atoms with E-state index in [0.29, 0.717) is 18.1 Å². The van der Waals surface area contributed by atoms with Crippen LogP contribution in [-0.2, 0) is 14.3 Å². The molecule has 0 aromatic carbocycles. The van der Waals surface area contributed by atoms with Crippen molar-refractivity contribution in [2.75, 3.05) is 20.8 Å². The van der Waals surface area contributed by atoms with E-state index in [9.17, 15) is 4.79 Å². The van der Waals surface area contributed by atoms with E-state index in [2.05, 4.69) is 26.1 Å². The van der Waals surface area contributed by atoms with Crippen molar-refractivity contribution < 1.29 is 14.3 Å². The van der Waals surface area contributed by atoms with Crippen LogP contribution in [0.4, 0.5) is 0 Å². The molecule has 0 radical (unpaired) electrons. The summed E-state index contributed by atoms with van der Waals surface area (Å²) in [6.07, 6.45) is 5.52. The monoisotopic (exact) mass is 299 g/mol. The quantitative estimate of drug-likeness (QED) is 0.579. The zero-order valence-corrected chi connectivity index (χ0v) is 14.6. The van der Waals surface area contributed by atoms with Crippen molar-refractivity contribution in [1.82, 2.24) is 5.32 Å². The normalized spacial score (nSPS) is 27.9. The molecule has 0 aliphatic heterocycles. The summed E-state index contributed by atoms with van der Waals surface area (Å²) in [6.45, 7) is 9.56. The molecular weight excluding hydrogens is 266 g/mol. The highest BCUT2D eigenvalue weighted by Crippen LogP contribution is 2.39. The van der Waals surface area contributed by atoms with E-state index in [4.69, 9.17) is 9.47 Å². The SMILES string of the molecule is CNC(C)(CCCOC1CC(C)CC(C)(C)C1)C(=O)OC. The zero-order valence-electron chi connectivity index (χ0n) is 14.6.